The van der Waals surface area contributed by atoms with Crippen molar-refractivity contribution < 1.29 is 19.0 Å². The van der Waals surface area contributed by atoms with Gasteiger partial charge in [-0.15, -0.1) is 0 Å². The summed E-state index contributed by atoms with van der Waals surface area (Å²) in [5.74, 6) is 0.738. The second-order valence-electron chi connectivity index (χ2n) is 7.92. The van der Waals surface area contributed by atoms with Crippen LogP contribution in [-0.4, -0.2) is 59.5 Å². The zero-order chi connectivity index (χ0) is 20.1. The Morgan fingerprint density at radius 2 is 2.00 bits per heavy atom. The van der Waals surface area contributed by atoms with Crippen LogP contribution >= 0.6 is 0 Å². The fraction of sp³-hybridized carbons (Fsp3) is 0.524. The Kier molecular flexibility index (Phi) is 6.36. The van der Waals surface area contributed by atoms with Crippen molar-refractivity contribution in [2.24, 2.45) is 0 Å². The van der Waals surface area contributed by atoms with Crippen molar-refractivity contribution in [3.63, 3.8) is 0 Å². The number of hydrogen-bond acceptors (Lipinski definition) is 5. The minimum atomic E-state index is -0.561. The van der Waals surface area contributed by atoms with Crippen LogP contribution in [0.5, 0.6) is 0 Å². The number of nitrogens with zero attached hydrogens (tertiary/aromatic N) is 2. The van der Waals surface area contributed by atoms with Gasteiger partial charge in [-0.3, -0.25) is 4.90 Å². The quantitative estimate of drug-likeness (QED) is 0.763. The molecule has 152 valence electrons. The van der Waals surface area contributed by atoms with Gasteiger partial charge in [0.2, 0.25) is 0 Å². The lowest BCUT2D eigenvalue weighted by molar-refractivity contribution is 0.00894. The summed E-state index contributed by atoms with van der Waals surface area (Å²) in [6, 6.07) is 9.77. The molecule has 28 heavy (non-hydrogen) atoms. The molecular formula is C21H29N3O4. The molecule has 1 aliphatic rings. The number of imidazole rings is 1. The summed E-state index contributed by atoms with van der Waals surface area (Å²) in [4.78, 5) is 22.4. The molecule has 1 aromatic carbocycles. The summed E-state index contributed by atoms with van der Waals surface area (Å²) in [6.45, 7) is 7.06. The Hall–Kier alpha value is -2.38. The Bertz CT molecular complexity index is 769. The summed E-state index contributed by atoms with van der Waals surface area (Å²) >= 11 is 0. The zero-order valence-electron chi connectivity index (χ0n) is 17.0. The van der Waals surface area contributed by atoms with Gasteiger partial charge >= 0.3 is 6.09 Å². The molecule has 1 amide bonds. The number of carbonyl (C=O) groups excluding carboxylic acids is 1. The van der Waals surface area contributed by atoms with E-state index in [4.69, 9.17) is 14.2 Å². The van der Waals surface area contributed by atoms with Crippen molar-refractivity contribution in [3.8, 4) is 11.3 Å². The van der Waals surface area contributed by atoms with Crippen LogP contribution in [0.3, 0.4) is 0 Å². The lowest BCUT2D eigenvalue weighted by atomic mass is 10.1. The predicted octanol–water partition coefficient (Wildman–Crippen LogP) is 3.79. The number of H-pyrrole nitrogens is 1. The lowest BCUT2D eigenvalue weighted by Gasteiger charge is -2.27. The minimum Gasteiger partial charge on any atom is -0.444 e. The third-order valence-electron chi connectivity index (χ3n) is 4.53. The summed E-state index contributed by atoms with van der Waals surface area (Å²) in [5.41, 5.74) is 1.41. The van der Waals surface area contributed by atoms with E-state index in [-0.39, 0.29) is 18.2 Å². The van der Waals surface area contributed by atoms with Gasteiger partial charge in [-0.2, -0.15) is 0 Å². The number of nitrogens with one attached hydrogen (secondary N) is 1. The molecule has 0 spiro atoms. The number of benzene rings is 1. The Labute approximate surface area is 166 Å². The SMILES string of the molecule is COCCO[C@@H]1C[C@@H](c2ncc(-c3ccccc3)[nH]2)N(C(=O)OC(C)(C)C)C1. The molecule has 1 N–H and O–H groups in total. The second kappa shape index (κ2) is 8.75. The van der Waals surface area contributed by atoms with E-state index in [2.05, 4.69) is 9.97 Å². The van der Waals surface area contributed by atoms with E-state index in [0.717, 1.165) is 17.1 Å². The van der Waals surface area contributed by atoms with Gasteiger partial charge < -0.3 is 19.2 Å². The van der Waals surface area contributed by atoms with Crippen molar-refractivity contribution in [2.45, 2.75) is 44.9 Å². The van der Waals surface area contributed by atoms with Crippen molar-refractivity contribution >= 4 is 6.09 Å². The average molecular weight is 387 g/mol. The van der Waals surface area contributed by atoms with E-state index >= 15 is 0 Å². The highest BCUT2D eigenvalue weighted by molar-refractivity contribution is 5.69. The minimum absolute atomic E-state index is 0.0852. The molecule has 0 aliphatic carbocycles. The number of aromatic amines is 1. The summed E-state index contributed by atoms with van der Waals surface area (Å²) in [5, 5.41) is 0. The van der Waals surface area contributed by atoms with Crippen LogP contribution in [0.1, 0.15) is 39.1 Å². The third kappa shape index (κ3) is 5.11. The molecule has 0 saturated carbocycles. The van der Waals surface area contributed by atoms with Gasteiger partial charge in [0.1, 0.15) is 11.4 Å². The Morgan fingerprint density at radius 1 is 1.25 bits per heavy atom. The Balaban J connectivity index is 1.79. The third-order valence-corrected chi connectivity index (χ3v) is 4.53. The number of carbonyl (C=O) groups is 1. The first-order valence-corrected chi connectivity index (χ1v) is 9.58. The standard InChI is InChI=1S/C21H29N3O4/c1-21(2,3)28-20(25)24-14-16(27-11-10-26-4)12-18(24)19-22-13-17(23-19)15-8-6-5-7-9-15/h5-9,13,16,18H,10-12,14H2,1-4H3,(H,22,23)/t16-,18+/m1/s1. The first-order chi connectivity index (χ1) is 13.4. The highest BCUT2D eigenvalue weighted by Gasteiger charge is 2.40. The van der Waals surface area contributed by atoms with E-state index < -0.39 is 5.60 Å². The Morgan fingerprint density at radius 3 is 2.68 bits per heavy atom. The molecule has 1 aromatic heterocycles. The molecule has 0 bridgehead atoms. The maximum atomic E-state index is 12.8. The van der Waals surface area contributed by atoms with Gasteiger partial charge in [-0.1, -0.05) is 30.3 Å². The number of amides is 1. The van der Waals surface area contributed by atoms with Crippen LogP contribution in [0.15, 0.2) is 36.5 Å². The maximum Gasteiger partial charge on any atom is 0.411 e. The largest absolute Gasteiger partial charge is 0.444 e. The predicted molar refractivity (Wildman–Crippen MR) is 106 cm³/mol. The van der Waals surface area contributed by atoms with Crippen LogP contribution in [0.25, 0.3) is 11.3 Å². The van der Waals surface area contributed by atoms with E-state index in [9.17, 15) is 4.79 Å². The number of ether oxygens (including phenoxy) is 3. The maximum absolute atomic E-state index is 12.8. The fourth-order valence-electron chi connectivity index (χ4n) is 3.27. The number of methoxy groups -OCH3 is 1. The molecule has 2 atom stereocenters. The number of hydrogen-bond donors (Lipinski definition) is 1. The highest BCUT2D eigenvalue weighted by atomic mass is 16.6. The van der Waals surface area contributed by atoms with Crippen LogP contribution < -0.4 is 0 Å². The van der Waals surface area contributed by atoms with E-state index in [1.807, 2.05) is 51.1 Å². The van der Waals surface area contributed by atoms with Crippen molar-refractivity contribution in [2.75, 3.05) is 26.9 Å². The number of aromatic nitrogens is 2. The molecule has 0 radical (unpaired) electrons. The molecule has 2 heterocycles. The molecule has 3 rings (SSSR count). The first-order valence-electron chi connectivity index (χ1n) is 9.58. The molecule has 2 aromatic rings. The highest BCUT2D eigenvalue weighted by Crippen LogP contribution is 2.34. The van der Waals surface area contributed by atoms with Gasteiger partial charge in [0.25, 0.3) is 0 Å². The average Bonchev–Trinajstić information content (AvgIpc) is 3.28. The normalized spacial score (nSPS) is 19.8. The van der Waals surface area contributed by atoms with Crippen LogP contribution in [0.4, 0.5) is 4.79 Å². The van der Waals surface area contributed by atoms with Gasteiger partial charge in [0.05, 0.1) is 43.8 Å². The monoisotopic (exact) mass is 387 g/mol. The van der Waals surface area contributed by atoms with Crippen LogP contribution in [-0.2, 0) is 14.2 Å². The van der Waals surface area contributed by atoms with E-state index in [1.165, 1.54) is 0 Å². The molecule has 7 heteroatoms. The van der Waals surface area contributed by atoms with Crippen molar-refractivity contribution in [3.05, 3.63) is 42.4 Å². The fourth-order valence-corrected chi connectivity index (χ4v) is 3.27. The molecule has 0 unspecified atom stereocenters. The van der Waals surface area contributed by atoms with Gasteiger partial charge in [0.15, 0.2) is 0 Å². The van der Waals surface area contributed by atoms with Gasteiger partial charge in [0, 0.05) is 13.5 Å². The lowest BCUT2D eigenvalue weighted by Crippen LogP contribution is -2.37. The van der Waals surface area contributed by atoms with Crippen molar-refractivity contribution in [1.29, 1.82) is 0 Å². The van der Waals surface area contributed by atoms with E-state index in [0.29, 0.717) is 26.2 Å². The van der Waals surface area contributed by atoms with E-state index in [1.54, 1.807) is 18.2 Å². The second-order valence-corrected chi connectivity index (χ2v) is 7.92. The van der Waals surface area contributed by atoms with Crippen LogP contribution in [0.2, 0.25) is 0 Å². The number of likely N-dealkylation sites (tertiary alicyclic amines) is 1. The van der Waals surface area contributed by atoms with Crippen LogP contribution in [0, 0.1) is 0 Å². The zero-order valence-corrected chi connectivity index (χ0v) is 17.0. The summed E-state index contributed by atoms with van der Waals surface area (Å²) in [7, 11) is 1.64. The summed E-state index contributed by atoms with van der Waals surface area (Å²) in [6.07, 6.45) is 2.02. The van der Waals surface area contributed by atoms with Gasteiger partial charge in [-0.25, -0.2) is 9.78 Å². The molecular weight excluding hydrogens is 358 g/mol. The van der Waals surface area contributed by atoms with Crippen molar-refractivity contribution in [1.82, 2.24) is 14.9 Å². The molecule has 1 saturated heterocycles. The number of rotatable bonds is 6. The summed E-state index contributed by atoms with van der Waals surface area (Å²) < 4.78 is 16.5. The molecule has 1 aliphatic heterocycles. The van der Waals surface area contributed by atoms with Gasteiger partial charge in [-0.05, 0) is 26.3 Å². The topological polar surface area (TPSA) is 76.7 Å². The molecule has 1 fully saturated rings. The molecule has 7 nitrogen and oxygen atoms in total. The first kappa shape index (κ1) is 20.4. The smallest absolute Gasteiger partial charge is 0.411 e.